The molecule has 0 aromatic rings. The first-order valence-electron chi connectivity index (χ1n) is 5.14. The molecule has 1 aliphatic rings. The van der Waals surface area contributed by atoms with Gasteiger partial charge >= 0.3 is 0 Å². The second-order valence-electron chi connectivity index (χ2n) is 3.58. The predicted octanol–water partition coefficient (Wildman–Crippen LogP) is 0.924. The summed E-state index contributed by atoms with van der Waals surface area (Å²) >= 11 is 0. The van der Waals surface area contributed by atoms with E-state index in [1.165, 1.54) is 4.90 Å². The molecule has 0 bridgehead atoms. The van der Waals surface area contributed by atoms with E-state index in [9.17, 15) is 9.59 Å². The summed E-state index contributed by atoms with van der Waals surface area (Å²) in [5.74, 6) is -0.210. The molecule has 0 saturated carbocycles. The van der Waals surface area contributed by atoms with Gasteiger partial charge in [-0.2, -0.15) is 0 Å². The largest absolute Gasteiger partial charge is 0.282 e. The minimum absolute atomic E-state index is 0.105. The van der Waals surface area contributed by atoms with E-state index in [2.05, 4.69) is 22.0 Å². The molecule has 2 amide bonds. The van der Waals surface area contributed by atoms with Gasteiger partial charge in [0.15, 0.2) is 0 Å². The van der Waals surface area contributed by atoms with Gasteiger partial charge in [-0.05, 0) is 13.3 Å². The molecule has 6 heteroatoms. The molecule has 88 valence electrons. The molecule has 0 unspecified atom stereocenters. The lowest BCUT2D eigenvalue weighted by atomic mass is 10.1. The molecular formula is C10H15N3O3. The molecule has 0 spiro atoms. The Bertz CT molecular complexity index is 309. The van der Waals surface area contributed by atoms with Crippen LogP contribution in [0.2, 0.25) is 0 Å². The van der Waals surface area contributed by atoms with Crippen molar-refractivity contribution in [2.45, 2.75) is 32.6 Å². The van der Waals surface area contributed by atoms with Gasteiger partial charge in [0.25, 0.3) is 0 Å². The third kappa shape index (κ3) is 3.45. The van der Waals surface area contributed by atoms with Crippen molar-refractivity contribution in [2.24, 2.45) is 10.3 Å². The summed E-state index contributed by atoms with van der Waals surface area (Å²) in [4.78, 5) is 28.6. The number of likely N-dealkylation sites (tertiary alicyclic amines) is 1. The standard InChI is InChI=1S/C10H15N3O3/c1-8(12-16-11-2)6-7-13-9(14)4-3-5-10(13)15/h2-7H2,1H3/b12-8+. The maximum atomic E-state index is 11.4. The van der Waals surface area contributed by atoms with Crippen LogP contribution in [0.4, 0.5) is 0 Å². The van der Waals surface area contributed by atoms with Crippen molar-refractivity contribution in [3.05, 3.63) is 0 Å². The average molecular weight is 225 g/mol. The Labute approximate surface area is 93.9 Å². The van der Waals surface area contributed by atoms with Crippen LogP contribution < -0.4 is 0 Å². The van der Waals surface area contributed by atoms with E-state index in [4.69, 9.17) is 0 Å². The van der Waals surface area contributed by atoms with Crippen molar-refractivity contribution in [1.82, 2.24) is 4.90 Å². The molecular weight excluding hydrogens is 210 g/mol. The van der Waals surface area contributed by atoms with Crippen molar-refractivity contribution < 1.29 is 14.5 Å². The second-order valence-corrected chi connectivity index (χ2v) is 3.58. The summed E-state index contributed by atoms with van der Waals surface area (Å²) in [7, 11) is 0. The molecule has 0 radical (unpaired) electrons. The molecule has 16 heavy (non-hydrogen) atoms. The third-order valence-corrected chi connectivity index (χ3v) is 2.34. The monoisotopic (exact) mass is 225 g/mol. The third-order valence-electron chi connectivity index (χ3n) is 2.34. The smallest absolute Gasteiger partial charge is 0.229 e. The van der Waals surface area contributed by atoms with E-state index in [1.807, 2.05) is 0 Å². The normalized spacial score (nSPS) is 17.6. The zero-order valence-electron chi connectivity index (χ0n) is 9.31. The van der Waals surface area contributed by atoms with Gasteiger partial charge < -0.3 is 0 Å². The Kier molecular flexibility index (Phi) is 4.63. The summed E-state index contributed by atoms with van der Waals surface area (Å²) in [6.45, 7) is 5.20. The van der Waals surface area contributed by atoms with Crippen LogP contribution in [-0.4, -0.2) is 35.7 Å². The van der Waals surface area contributed by atoms with Gasteiger partial charge in [0, 0.05) is 32.5 Å². The predicted molar refractivity (Wildman–Crippen MR) is 58.9 cm³/mol. The van der Waals surface area contributed by atoms with Crippen LogP contribution in [0.1, 0.15) is 32.6 Å². The minimum Gasteiger partial charge on any atom is -0.282 e. The highest BCUT2D eigenvalue weighted by Gasteiger charge is 2.25. The molecule has 1 saturated heterocycles. The molecule has 0 N–H and O–H groups in total. The Hall–Kier alpha value is -1.72. The number of piperidine rings is 1. The van der Waals surface area contributed by atoms with Crippen molar-refractivity contribution in [3.63, 3.8) is 0 Å². The lowest BCUT2D eigenvalue weighted by Crippen LogP contribution is -2.41. The molecule has 6 nitrogen and oxygen atoms in total. The van der Waals surface area contributed by atoms with E-state index < -0.39 is 0 Å². The number of nitrogens with zero attached hydrogens (tertiary/aromatic N) is 3. The zero-order valence-corrected chi connectivity index (χ0v) is 9.31. The maximum absolute atomic E-state index is 11.4. The molecule has 1 heterocycles. The second kappa shape index (κ2) is 5.99. The molecule has 1 rings (SSSR count). The van der Waals surface area contributed by atoms with Crippen LogP contribution in [-0.2, 0) is 14.5 Å². The fourth-order valence-corrected chi connectivity index (χ4v) is 1.47. The first kappa shape index (κ1) is 12.4. The first-order valence-corrected chi connectivity index (χ1v) is 5.14. The Balaban J connectivity index is 2.43. The molecule has 0 atom stereocenters. The van der Waals surface area contributed by atoms with Gasteiger partial charge in [-0.15, -0.1) is 0 Å². The van der Waals surface area contributed by atoms with Crippen molar-refractivity contribution in [2.75, 3.05) is 6.54 Å². The number of hydrogen-bond acceptors (Lipinski definition) is 5. The zero-order chi connectivity index (χ0) is 12.0. The topological polar surface area (TPSA) is 71.3 Å². The van der Waals surface area contributed by atoms with Crippen LogP contribution in [0.25, 0.3) is 0 Å². The van der Waals surface area contributed by atoms with E-state index >= 15 is 0 Å². The molecule has 0 aromatic carbocycles. The number of amides is 2. The number of hydrogen-bond donors (Lipinski definition) is 0. The maximum Gasteiger partial charge on any atom is 0.229 e. The highest BCUT2D eigenvalue weighted by Crippen LogP contribution is 2.12. The lowest BCUT2D eigenvalue weighted by Gasteiger charge is -2.24. The number of carbonyl (C=O) groups excluding carboxylic acids is 2. The van der Waals surface area contributed by atoms with Gasteiger partial charge in [-0.25, -0.2) is 4.94 Å². The first-order chi connectivity index (χ1) is 7.65. The fourth-order valence-electron chi connectivity index (χ4n) is 1.47. The fraction of sp³-hybridized carbons (Fsp3) is 0.600. The van der Waals surface area contributed by atoms with Crippen LogP contribution in [0, 0.1) is 0 Å². The Morgan fingerprint density at radius 3 is 2.62 bits per heavy atom. The van der Waals surface area contributed by atoms with Crippen LogP contribution in [0.3, 0.4) is 0 Å². The van der Waals surface area contributed by atoms with E-state index in [-0.39, 0.29) is 11.8 Å². The van der Waals surface area contributed by atoms with E-state index in [0.717, 1.165) is 0 Å². The number of oxime groups is 2. The summed E-state index contributed by atoms with van der Waals surface area (Å²) in [6.07, 6.45) is 2.05. The highest BCUT2D eigenvalue weighted by atomic mass is 16.8. The summed E-state index contributed by atoms with van der Waals surface area (Å²) in [5, 5.41) is 6.73. The summed E-state index contributed by atoms with van der Waals surface area (Å²) < 4.78 is 0. The van der Waals surface area contributed by atoms with Gasteiger partial charge in [-0.1, -0.05) is 10.3 Å². The molecule has 0 aliphatic carbocycles. The molecule has 1 fully saturated rings. The summed E-state index contributed by atoms with van der Waals surface area (Å²) in [5.41, 5.74) is 0.665. The SMILES string of the molecule is C=NO/N=C(\C)CCN1C(=O)CCCC1=O. The lowest BCUT2D eigenvalue weighted by molar-refractivity contribution is -0.147. The average Bonchev–Trinajstić information content (AvgIpc) is 2.25. The van der Waals surface area contributed by atoms with Crippen molar-refractivity contribution in [3.8, 4) is 0 Å². The van der Waals surface area contributed by atoms with Gasteiger partial charge in [-0.3, -0.25) is 14.5 Å². The van der Waals surface area contributed by atoms with Gasteiger partial charge in [0.05, 0.1) is 5.71 Å². The minimum atomic E-state index is -0.105. The van der Waals surface area contributed by atoms with Gasteiger partial charge in [0.2, 0.25) is 11.8 Å². The highest BCUT2D eigenvalue weighted by molar-refractivity contribution is 5.98. The number of carbonyl (C=O) groups is 2. The number of imide groups is 1. The van der Waals surface area contributed by atoms with Crippen molar-refractivity contribution in [1.29, 1.82) is 0 Å². The van der Waals surface area contributed by atoms with Crippen molar-refractivity contribution >= 4 is 24.2 Å². The van der Waals surface area contributed by atoms with E-state index in [1.54, 1.807) is 6.92 Å². The quantitative estimate of drug-likeness (QED) is 0.397. The Morgan fingerprint density at radius 1 is 1.44 bits per heavy atom. The van der Waals surface area contributed by atoms with Crippen LogP contribution in [0.15, 0.2) is 10.3 Å². The van der Waals surface area contributed by atoms with E-state index in [0.29, 0.717) is 37.9 Å². The summed E-state index contributed by atoms with van der Waals surface area (Å²) in [6, 6.07) is 0. The number of rotatable bonds is 5. The Morgan fingerprint density at radius 2 is 2.06 bits per heavy atom. The van der Waals surface area contributed by atoms with Crippen LogP contribution >= 0.6 is 0 Å². The van der Waals surface area contributed by atoms with Gasteiger partial charge in [0.1, 0.15) is 0 Å². The molecule has 1 aliphatic heterocycles. The van der Waals surface area contributed by atoms with Crippen LogP contribution in [0.5, 0.6) is 0 Å². The molecule has 0 aromatic heterocycles.